The number of nitrogens with two attached hydrogens (primary N) is 1. The molecule has 1 rings (SSSR count). The van der Waals surface area contributed by atoms with Crippen LogP contribution in [0, 0.1) is 0 Å². The Morgan fingerprint density at radius 1 is 1.53 bits per heavy atom. The van der Waals surface area contributed by atoms with Crippen LogP contribution in [0.25, 0.3) is 0 Å². The number of aliphatic hydroxyl groups excluding tert-OH is 1. The Morgan fingerprint density at radius 2 is 2.24 bits per heavy atom. The molecule has 0 saturated carbocycles. The standard InChI is InChI=1S/C12H19BrN2O2/c1-15(7-10(16)8-17-2)6-9-4-3-5-11(14)12(9)13/h3-5,10,16H,6-8,14H2,1-2H3. The molecule has 96 valence electrons. The van der Waals surface area contributed by atoms with Gasteiger partial charge in [-0.1, -0.05) is 12.1 Å². The topological polar surface area (TPSA) is 58.7 Å². The Morgan fingerprint density at radius 3 is 2.88 bits per heavy atom. The predicted octanol–water partition coefficient (Wildman–Crippen LogP) is 1.47. The summed E-state index contributed by atoms with van der Waals surface area (Å²) < 4.78 is 5.82. The van der Waals surface area contributed by atoms with Crippen molar-refractivity contribution in [2.75, 3.05) is 33.0 Å². The minimum atomic E-state index is -0.468. The monoisotopic (exact) mass is 302 g/mol. The van der Waals surface area contributed by atoms with E-state index in [1.165, 1.54) is 0 Å². The van der Waals surface area contributed by atoms with Gasteiger partial charge in [0.25, 0.3) is 0 Å². The molecule has 17 heavy (non-hydrogen) atoms. The molecule has 0 radical (unpaired) electrons. The maximum Gasteiger partial charge on any atom is 0.0900 e. The van der Waals surface area contributed by atoms with Crippen LogP contribution in [-0.2, 0) is 11.3 Å². The Bertz CT molecular complexity index is 360. The highest BCUT2D eigenvalue weighted by Gasteiger charge is 2.10. The van der Waals surface area contributed by atoms with Gasteiger partial charge in [0, 0.05) is 30.4 Å². The van der Waals surface area contributed by atoms with E-state index in [9.17, 15) is 5.11 Å². The van der Waals surface area contributed by atoms with E-state index in [2.05, 4.69) is 15.9 Å². The Hall–Kier alpha value is -0.620. The van der Waals surface area contributed by atoms with Crippen LogP contribution in [-0.4, -0.2) is 43.4 Å². The highest BCUT2D eigenvalue weighted by molar-refractivity contribution is 9.10. The first-order chi connectivity index (χ1) is 8.04. The molecule has 0 aromatic heterocycles. The molecule has 1 atom stereocenters. The third kappa shape index (κ3) is 4.63. The van der Waals surface area contributed by atoms with Gasteiger partial charge >= 0.3 is 0 Å². The van der Waals surface area contributed by atoms with Crippen molar-refractivity contribution in [3.8, 4) is 0 Å². The molecular formula is C12H19BrN2O2. The summed E-state index contributed by atoms with van der Waals surface area (Å²) >= 11 is 3.47. The highest BCUT2D eigenvalue weighted by Crippen LogP contribution is 2.24. The van der Waals surface area contributed by atoms with Crippen molar-refractivity contribution in [1.29, 1.82) is 0 Å². The first-order valence-electron chi connectivity index (χ1n) is 5.43. The average molecular weight is 303 g/mol. The number of anilines is 1. The van der Waals surface area contributed by atoms with E-state index in [0.29, 0.717) is 13.2 Å². The van der Waals surface area contributed by atoms with Gasteiger partial charge in [-0.05, 0) is 34.6 Å². The molecule has 0 bridgehead atoms. The number of likely N-dealkylation sites (N-methyl/N-ethyl adjacent to an activating group) is 1. The zero-order chi connectivity index (χ0) is 12.8. The van der Waals surface area contributed by atoms with Crippen LogP contribution in [0.3, 0.4) is 0 Å². The lowest BCUT2D eigenvalue weighted by molar-refractivity contribution is 0.0418. The summed E-state index contributed by atoms with van der Waals surface area (Å²) in [6.45, 7) is 1.64. The second-order valence-electron chi connectivity index (χ2n) is 4.13. The van der Waals surface area contributed by atoms with Gasteiger partial charge in [-0.15, -0.1) is 0 Å². The first-order valence-corrected chi connectivity index (χ1v) is 6.22. The SMILES string of the molecule is COCC(O)CN(C)Cc1cccc(N)c1Br. The molecule has 0 fully saturated rings. The molecule has 0 aliphatic carbocycles. The van der Waals surface area contributed by atoms with Gasteiger partial charge in [-0.2, -0.15) is 0 Å². The molecule has 3 N–H and O–H groups in total. The van der Waals surface area contributed by atoms with Gasteiger partial charge in [0.1, 0.15) is 0 Å². The number of nitrogen functional groups attached to an aromatic ring is 1. The third-order valence-corrected chi connectivity index (χ3v) is 3.40. The van der Waals surface area contributed by atoms with E-state index in [-0.39, 0.29) is 0 Å². The van der Waals surface area contributed by atoms with E-state index in [4.69, 9.17) is 10.5 Å². The summed E-state index contributed by atoms with van der Waals surface area (Å²) in [6.07, 6.45) is -0.468. The van der Waals surface area contributed by atoms with E-state index < -0.39 is 6.10 Å². The van der Waals surface area contributed by atoms with Crippen molar-refractivity contribution >= 4 is 21.6 Å². The van der Waals surface area contributed by atoms with Crippen LogP contribution < -0.4 is 5.73 Å². The zero-order valence-corrected chi connectivity index (χ0v) is 11.8. The molecule has 0 aliphatic heterocycles. The first kappa shape index (κ1) is 14.4. The van der Waals surface area contributed by atoms with Crippen molar-refractivity contribution in [2.45, 2.75) is 12.6 Å². The maximum atomic E-state index is 9.62. The quantitative estimate of drug-likeness (QED) is 0.781. The van der Waals surface area contributed by atoms with Crippen LogP contribution in [0.2, 0.25) is 0 Å². The lowest BCUT2D eigenvalue weighted by atomic mass is 10.2. The molecule has 4 nitrogen and oxygen atoms in total. The minimum absolute atomic E-state index is 0.350. The second kappa shape index (κ2) is 6.96. The summed E-state index contributed by atoms with van der Waals surface area (Å²) in [5.41, 5.74) is 7.65. The molecule has 1 aromatic rings. The maximum absolute atomic E-state index is 9.62. The number of hydrogen-bond donors (Lipinski definition) is 2. The lowest BCUT2D eigenvalue weighted by Gasteiger charge is -2.21. The van der Waals surface area contributed by atoms with Gasteiger partial charge in [-0.25, -0.2) is 0 Å². The average Bonchev–Trinajstić information content (AvgIpc) is 2.25. The van der Waals surface area contributed by atoms with Gasteiger partial charge in [-0.3, -0.25) is 4.90 Å². The number of aliphatic hydroxyl groups is 1. The zero-order valence-electron chi connectivity index (χ0n) is 10.2. The highest BCUT2D eigenvalue weighted by atomic mass is 79.9. The van der Waals surface area contributed by atoms with Crippen molar-refractivity contribution in [3.63, 3.8) is 0 Å². The molecule has 5 heteroatoms. The van der Waals surface area contributed by atoms with Crippen LogP contribution in [0.4, 0.5) is 5.69 Å². The van der Waals surface area contributed by atoms with Gasteiger partial charge < -0.3 is 15.6 Å². The summed E-state index contributed by atoms with van der Waals surface area (Å²) in [7, 11) is 3.53. The smallest absolute Gasteiger partial charge is 0.0900 e. The number of halogens is 1. The van der Waals surface area contributed by atoms with E-state index in [1.54, 1.807) is 7.11 Å². The van der Waals surface area contributed by atoms with Crippen LogP contribution in [0.5, 0.6) is 0 Å². The van der Waals surface area contributed by atoms with Crippen molar-refractivity contribution < 1.29 is 9.84 Å². The van der Waals surface area contributed by atoms with Crippen LogP contribution in [0.1, 0.15) is 5.56 Å². The fourth-order valence-corrected chi connectivity index (χ4v) is 2.07. The minimum Gasteiger partial charge on any atom is -0.398 e. The predicted molar refractivity (Wildman–Crippen MR) is 72.8 cm³/mol. The van der Waals surface area contributed by atoms with Gasteiger partial charge in [0.05, 0.1) is 12.7 Å². The number of nitrogens with zero attached hydrogens (tertiary/aromatic N) is 1. The van der Waals surface area contributed by atoms with Crippen molar-refractivity contribution in [2.24, 2.45) is 0 Å². The fraction of sp³-hybridized carbons (Fsp3) is 0.500. The van der Waals surface area contributed by atoms with E-state index >= 15 is 0 Å². The largest absolute Gasteiger partial charge is 0.398 e. The van der Waals surface area contributed by atoms with Crippen LogP contribution in [0.15, 0.2) is 22.7 Å². The Kier molecular flexibility index (Phi) is 5.91. The van der Waals surface area contributed by atoms with E-state index in [1.807, 2.05) is 30.1 Å². The molecule has 0 amide bonds. The molecule has 0 saturated heterocycles. The third-order valence-electron chi connectivity index (χ3n) is 2.43. The normalized spacial score (nSPS) is 13.0. The van der Waals surface area contributed by atoms with Gasteiger partial charge in [0.2, 0.25) is 0 Å². The summed E-state index contributed by atoms with van der Waals surface area (Å²) in [6, 6.07) is 5.79. The Balaban J connectivity index is 2.56. The number of hydrogen-bond acceptors (Lipinski definition) is 4. The van der Waals surface area contributed by atoms with Crippen molar-refractivity contribution in [3.05, 3.63) is 28.2 Å². The van der Waals surface area contributed by atoms with Gasteiger partial charge in [0.15, 0.2) is 0 Å². The van der Waals surface area contributed by atoms with Crippen LogP contribution >= 0.6 is 15.9 Å². The molecule has 0 heterocycles. The molecule has 1 aromatic carbocycles. The molecule has 0 spiro atoms. The molecule has 1 unspecified atom stereocenters. The molecule has 0 aliphatic rings. The Labute approximate surface area is 110 Å². The fourth-order valence-electron chi connectivity index (χ4n) is 1.68. The summed E-state index contributed by atoms with van der Waals surface area (Å²) in [5.74, 6) is 0. The summed E-state index contributed by atoms with van der Waals surface area (Å²) in [5, 5.41) is 9.62. The lowest BCUT2D eigenvalue weighted by Crippen LogP contribution is -2.31. The number of methoxy groups -OCH3 is 1. The molecular weight excluding hydrogens is 284 g/mol. The second-order valence-corrected chi connectivity index (χ2v) is 4.92. The number of ether oxygens (including phenoxy) is 1. The van der Waals surface area contributed by atoms with Crippen molar-refractivity contribution in [1.82, 2.24) is 4.90 Å². The number of benzene rings is 1. The number of rotatable bonds is 6. The van der Waals surface area contributed by atoms with E-state index in [0.717, 1.165) is 22.3 Å². The summed E-state index contributed by atoms with van der Waals surface area (Å²) in [4.78, 5) is 2.03.